The molecule has 0 spiro atoms. The van der Waals surface area contributed by atoms with Gasteiger partial charge in [0.25, 0.3) is 0 Å². The lowest BCUT2D eigenvalue weighted by molar-refractivity contribution is 0.0195. The minimum Gasteiger partial charge on any atom is -0.292 e. The fourth-order valence-corrected chi connectivity index (χ4v) is 2.71. The Hall–Kier alpha value is -0.850. The average molecular weight is 303 g/mol. The number of hydrogen-bond donors (Lipinski definition) is 1. The van der Waals surface area contributed by atoms with Gasteiger partial charge in [0.1, 0.15) is 18.3 Å². The maximum Gasteiger partial charge on any atom is 0.218 e. The molecular formula is C11H9BrF2N2O. The summed E-state index contributed by atoms with van der Waals surface area (Å²) in [6, 6.07) is 1.52. The third-order valence-electron chi connectivity index (χ3n) is 3.35. The van der Waals surface area contributed by atoms with Crippen LogP contribution in [0.15, 0.2) is 28.9 Å². The number of fused-ring (bicyclic) bond motifs is 1. The Kier molecular flexibility index (Phi) is 2.36. The molecule has 2 aliphatic rings. The Labute approximate surface area is 105 Å². The van der Waals surface area contributed by atoms with E-state index in [9.17, 15) is 8.78 Å². The van der Waals surface area contributed by atoms with Gasteiger partial charge in [-0.05, 0) is 27.6 Å². The molecule has 6 heteroatoms. The fourth-order valence-electron chi connectivity index (χ4n) is 2.38. The number of nitrogens with zero attached hydrogens (tertiary/aromatic N) is 1. The Morgan fingerprint density at radius 3 is 3.00 bits per heavy atom. The van der Waals surface area contributed by atoms with Crippen molar-refractivity contribution in [2.75, 3.05) is 6.67 Å². The predicted molar refractivity (Wildman–Crippen MR) is 60.2 cm³/mol. The second-order valence-electron chi connectivity index (χ2n) is 4.29. The van der Waals surface area contributed by atoms with Crippen LogP contribution < -0.4 is 5.48 Å². The van der Waals surface area contributed by atoms with E-state index in [0.717, 1.165) is 5.57 Å². The second-order valence-corrected chi connectivity index (χ2v) is 5.21. The molecular weight excluding hydrogens is 294 g/mol. The first-order valence-electron chi connectivity index (χ1n) is 5.09. The van der Waals surface area contributed by atoms with Crippen LogP contribution in [-0.2, 0) is 10.4 Å². The molecule has 17 heavy (non-hydrogen) atoms. The molecule has 1 aliphatic heterocycles. The molecule has 3 unspecified atom stereocenters. The van der Waals surface area contributed by atoms with E-state index in [1.165, 1.54) is 12.3 Å². The van der Waals surface area contributed by atoms with Gasteiger partial charge in [-0.25, -0.2) is 9.37 Å². The van der Waals surface area contributed by atoms with Crippen molar-refractivity contribution < 1.29 is 13.6 Å². The quantitative estimate of drug-likeness (QED) is 0.672. The van der Waals surface area contributed by atoms with Gasteiger partial charge in [-0.3, -0.25) is 4.84 Å². The van der Waals surface area contributed by atoms with Crippen molar-refractivity contribution in [1.82, 2.24) is 10.5 Å². The van der Waals surface area contributed by atoms with Crippen molar-refractivity contribution >= 4 is 15.9 Å². The summed E-state index contributed by atoms with van der Waals surface area (Å²) in [4.78, 5) is 8.78. The lowest BCUT2D eigenvalue weighted by atomic mass is 9.88. The zero-order chi connectivity index (χ0) is 12.2. The molecule has 1 aromatic rings. The number of rotatable bonds is 2. The van der Waals surface area contributed by atoms with Gasteiger partial charge in [-0.1, -0.05) is 6.58 Å². The standard InChI is InChI=1S/C11H9BrF2N2O/c1-5-8-9(5)17-16-11(8,4-13)7-2-6(12)3-15-10(7)14/h2-3,8-9,16H,1,4H2. The SMILES string of the molecule is C=C1C2ONC(CF)(c3cc(Br)cnc3F)C12. The Morgan fingerprint density at radius 1 is 1.65 bits per heavy atom. The van der Waals surface area contributed by atoms with E-state index >= 15 is 0 Å². The van der Waals surface area contributed by atoms with Crippen molar-refractivity contribution in [1.29, 1.82) is 0 Å². The molecule has 1 aromatic heterocycles. The number of pyridine rings is 1. The van der Waals surface area contributed by atoms with Gasteiger partial charge >= 0.3 is 0 Å². The van der Waals surface area contributed by atoms with Crippen LogP contribution in [0.2, 0.25) is 0 Å². The van der Waals surface area contributed by atoms with Gasteiger partial charge in [0.05, 0.1) is 0 Å². The smallest absolute Gasteiger partial charge is 0.218 e. The number of halogens is 3. The molecule has 3 rings (SSSR count). The summed E-state index contributed by atoms with van der Waals surface area (Å²) in [7, 11) is 0. The molecule has 0 amide bonds. The van der Waals surface area contributed by atoms with Gasteiger partial charge < -0.3 is 0 Å². The molecule has 3 atom stereocenters. The maximum atomic E-state index is 13.7. The van der Waals surface area contributed by atoms with Crippen LogP contribution in [0.25, 0.3) is 0 Å². The highest BCUT2D eigenvalue weighted by molar-refractivity contribution is 9.10. The molecule has 0 bridgehead atoms. The monoisotopic (exact) mass is 302 g/mol. The number of aromatic nitrogens is 1. The zero-order valence-corrected chi connectivity index (χ0v) is 10.3. The second kappa shape index (κ2) is 3.57. The number of nitrogens with one attached hydrogen (secondary N) is 1. The van der Waals surface area contributed by atoms with Gasteiger partial charge in [-0.2, -0.15) is 9.87 Å². The summed E-state index contributed by atoms with van der Waals surface area (Å²) < 4.78 is 27.8. The van der Waals surface area contributed by atoms with E-state index in [-0.39, 0.29) is 17.6 Å². The average Bonchev–Trinajstić information content (AvgIpc) is 2.82. The van der Waals surface area contributed by atoms with Crippen molar-refractivity contribution in [3.05, 3.63) is 40.4 Å². The molecule has 0 aromatic carbocycles. The Balaban J connectivity index is 2.12. The van der Waals surface area contributed by atoms with E-state index in [1.54, 1.807) is 0 Å². The first-order valence-corrected chi connectivity index (χ1v) is 5.88. The summed E-state index contributed by atoms with van der Waals surface area (Å²) in [5, 5.41) is 0. The van der Waals surface area contributed by atoms with Gasteiger partial charge in [0, 0.05) is 22.2 Å². The van der Waals surface area contributed by atoms with Crippen molar-refractivity contribution in [3.63, 3.8) is 0 Å². The van der Waals surface area contributed by atoms with Crippen LogP contribution in [0.4, 0.5) is 8.78 Å². The van der Waals surface area contributed by atoms with E-state index in [0.29, 0.717) is 4.47 Å². The lowest BCUT2D eigenvalue weighted by Crippen LogP contribution is -2.43. The first-order chi connectivity index (χ1) is 8.10. The van der Waals surface area contributed by atoms with Crippen LogP contribution in [0, 0.1) is 11.9 Å². The van der Waals surface area contributed by atoms with E-state index in [1.807, 2.05) is 0 Å². The van der Waals surface area contributed by atoms with Crippen LogP contribution >= 0.6 is 15.9 Å². The summed E-state index contributed by atoms with van der Waals surface area (Å²) >= 11 is 3.20. The summed E-state index contributed by atoms with van der Waals surface area (Å²) in [5.74, 6) is -0.916. The van der Waals surface area contributed by atoms with Gasteiger partial charge in [-0.15, -0.1) is 0 Å². The molecule has 2 heterocycles. The van der Waals surface area contributed by atoms with Gasteiger partial charge in [0.2, 0.25) is 5.95 Å². The summed E-state index contributed by atoms with van der Waals surface area (Å²) in [6.07, 6.45) is 1.11. The number of hydrogen-bond acceptors (Lipinski definition) is 3. The maximum absolute atomic E-state index is 13.7. The highest BCUT2D eigenvalue weighted by atomic mass is 79.9. The number of alkyl halides is 1. The minimum absolute atomic E-state index is 0.167. The molecule has 3 nitrogen and oxygen atoms in total. The van der Waals surface area contributed by atoms with Crippen molar-refractivity contribution in [3.8, 4) is 0 Å². The minimum atomic E-state index is -1.19. The van der Waals surface area contributed by atoms with Crippen LogP contribution in [0.1, 0.15) is 5.56 Å². The molecule has 1 N–H and O–H groups in total. The third kappa shape index (κ3) is 1.41. The largest absolute Gasteiger partial charge is 0.292 e. The predicted octanol–water partition coefficient (Wildman–Crippen LogP) is 2.24. The van der Waals surface area contributed by atoms with Crippen LogP contribution in [0.3, 0.4) is 0 Å². The molecule has 1 aliphatic carbocycles. The zero-order valence-electron chi connectivity index (χ0n) is 8.71. The van der Waals surface area contributed by atoms with Crippen molar-refractivity contribution in [2.45, 2.75) is 11.6 Å². The Bertz CT molecular complexity index is 510. The van der Waals surface area contributed by atoms with Crippen LogP contribution in [0.5, 0.6) is 0 Å². The van der Waals surface area contributed by atoms with E-state index < -0.39 is 18.2 Å². The highest BCUT2D eigenvalue weighted by Crippen LogP contribution is 2.56. The van der Waals surface area contributed by atoms with Crippen molar-refractivity contribution in [2.24, 2.45) is 5.92 Å². The van der Waals surface area contributed by atoms with Crippen LogP contribution in [-0.4, -0.2) is 17.8 Å². The highest BCUT2D eigenvalue weighted by Gasteiger charge is 2.65. The van der Waals surface area contributed by atoms with Gasteiger partial charge in [0.15, 0.2) is 0 Å². The Morgan fingerprint density at radius 2 is 2.41 bits per heavy atom. The molecule has 1 saturated heterocycles. The first kappa shape index (κ1) is 11.3. The summed E-state index contributed by atoms with van der Waals surface area (Å²) in [6.45, 7) is 3.01. The topological polar surface area (TPSA) is 34.1 Å². The molecule has 0 radical (unpaired) electrons. The molecule has 90 valence electrons. The van der Waals surface area contributed by atoms with E-state index in [4.69, 9.17) is 4.84 Å². The normalized spacial score (nSPS) is 34.9. The van der Waals surface area contributed by atoms with E-state index in [2.05, 4.69) is 33.0 Å². The molecule has 1 saturated carbocycles. The number of hydroxylamine groups is 1. The molecule has 2 fully saturated rings. The fraction of sp³-hybridized carbons (Fsp3) is 0.364. The lowest BCUT2D eigenvalue weighted by Gasteiger charge is -2.27. The third-order valence-corrected chi connectivity index (χ3v) is 3.79. The summed E-state index contributed by atoms with van der Waals surface area (Å²) in [5.41, 5.74) is 2.37.